The second-order valence-electron chi connectivity index (χ2n) is 3.50. The van der Waals surface area contributed by atoms with Gasteiger partial charge >= 0.3 is 0 Å². The zero-order valence-corrected chi connectivity index (χ0v) is 8.20. The van der Waals surface area contributed by atoms with Crippen LogP contribution in [0.4, 0.5) is 0 Å². The highest BCUT2D eigenvalue weighted by atomic mass is 16.3. The molecule has 1 N–H and O–H groups in total. The molecule has 0 unspecified atom stereocenters. The largest absolute Gasteiger partial charge is 0.392 e. The Morgan fingerprint density at radius 3 is 2.31 bits per heavy atom. The van der Waals surface area contributed by atoms with E-state index in [2.05, 4.69) is 26.0 Å². The van der Waals surface area contributed by atoms with Gasteiger partial charge in [-0.25, -0.2) is 0 Å². The highest BCUT2D eigenvalue weighted by molar-refractivity contribution is 5.49. The summed E-state index contributed by atoms with van der Waals surface area (Å²) in [7, 11) is 0. The minimum atomic E-state index is 0.119. The molecule has 13 heavy (non-hydrogen) atoms. The van der Waals surface area contributed by atoms with Gasteiger partial charge in [0.15, 0.2) is 0 Å². The molecule has 0 bridgehead atoms. The smallest absolute Gasteiger partial charge is 0.0681 e. The Hall–Kier alpha value is -1.08. The van der Waals surface area contributed by atoms with Gasteiger partial charge in [-0.1, -0.05) is 50.3 Å². The fourth-order valence-electron chi connectivity index (χ4n) is 1.04. The van der Waals surface area contributed by atoms with Crippen molar-refractivity contribution in [1.82, 2.24) is 0 Å². The summed E-state index contributed by atoms with van der Waals surface area (Å²) >= 11 is 0. The molecule has 1 rings (SSSR count). The Bertz CT molecular complexity index is 270. The van der Waals surface area contributed by atoms with E-state index < -0.39 is 0 Å². The summed E-state index contributed by atoms with van der Waals surface area (Å²) in [6.45, 7) is 4.42. The maximum atomic E-state index is 8.83. The molecule has 0 radical (unpaired) electrons. The molecule has 0 atom stereocenters. The fraction of sp³-hybridized carbons (Fsp3) is 0.333. The zero-order chi connectivity index (χ0) is 9.68. The third-order valence-corrected chi connectivity index (χ3v) is 1.84. The van der Waals surface area contributed by atoms with Crippen LogP contribution in [0.1, 0.15) is 25.0 Å². The molecule has 1 heteroatoms. The molecule has 1 aromatic rings. The number of aliphatic hydroxyl groups excluding tert-OH is 1. The van der Waals surface area contributed by atoms with Gasteiger partial charge in [-0.2, -0.15) is 0 Å². The van der Waals surface area contributed by atoms with E-state index in [0.717, 1.165) is 5.56 Å². The van der Waals surface area contributed by atoms with Crippen LogP contribution in [0.5, 0.6) is 0 Å². The average Bonchev–Trinajstić information content (AvgIpc) is 2.15. The first kappa shape index (κ1) is 10.0. The lowest BCUT2D eigenvalue weighted by atomic mass is 10.1. The predicted molar refractivity (Wildman–Crippen MR) is 56.2 cm³/mol. The number of benzene rings is 1. The summed E-state index contributed by atoms with van der Waals surface area (Å²) in [5.74, 6) is 0.581. The van der Waals surface area contributed by atoms with Crippen molar-refractivity contribution in [3.8, 4) is 0 Å². The van der Waals surface area contributed by atoms with E-state index >= 15 is 0 Å². The van der Waals surface area contributed by atoms with Gasteiger partial charge < -0.3 is 5.11 Å². The fourth-order valence-corrected chi connectivity index (χ4v) is 1.04. The highest BCUT2D eigenvalue weighted by Crippen LogP contribution is 2.07. The average molecular weight is 176 g/mol. The summed E-state index contributed by atoms with van der Waals surface area (Å²) in [6, 6.07) is 7.93. The van der Waals surface area contributed by atoms with Crippen LogP contribution in [0.15, 0.2) is 30.3 Å². The molecule has 0 saturated carbocycles. The van der Waals surface area contributed by atoms with E-state index in [1.54, 1.807) is 0 Å². The van der Waals surface area contributed by atoms with E-state index in [0.29, 0.717) is 5.92 Å². The minimum absolute atomic E-state index is 0.119. The molecule has 0 spiro atoms. The topological polar surface area (TPSA) is 20.2 Å². The zero-order valence-electron chi connectivity index (χ0n) is 8.20. The van der Waals surface area contributed by atoms with Crippen LogP contribution in [0.2, 0.25) is 0 Å². The van der Waals surface area contributed by atoms with E-state index in [4.69, 9.17) is 5.11 Å². The van der Waals surface area contributed by atoms with Crippen molar-refractivity contribution in [3.05, 3.63) is 41.5 Å². The first-order chi connectivity index (χ1) is 6.22. The van der Waals surface area contributed by atoms with Gasteiger partial charge in [0, 0.05) is 0 Å². The molecule has 0 aliphatic heterocycles. The van der Waals surface area contributed by atoms with Gasteiger partial charge in [-0.3, -0.25) is 0 Å². The van der Waals surface area contributed by atoms with Crippen LogP contribution >= 0.6 is 0 Å². The van der Waals surface area contributed by atoms with E-state index in [1.807, 2.05) is 24.3 Å². The molecule has 0 amide bonds. The summed E-state index contributed by atoms with van der Waals surface area (Å²) in [6.07, 6.45) is 4.26. The number of aliphatic hydroxyl groups is 1. The normalized spacial score (nSPS) is 11.4. The Kier molecular flexibility index (Phi) is 3.71. The molecule has 0 aromatic heterocycles. The Morgan fingerprint density at radius 1 is 1.23 bits per heavy atom. The number of rotatable bonds is 3. The molecule has 0 aliphatic rings. The Morgan fingerprint density at radius 2 is 1.85 bits per heavy atom. The number of hydrogen-bond donors (Lipinski definition) is 1. The van der Waals surface area contributed by atoms with Crippen LogP contribution in [0, 0.1) is 5.92 Å². The van der Waals surface area contributed by atoms with Gasteiger partial charge in [-0.15, -0.1) is 0 Å². The van der Waals surface area contributed by atoms with Gasteiger partial charge in [0.2, 0.25) is 0 Å². The summed E-state index contributed by atoms with van der Waals surface area (Å²) in [4.78, 5) is 0. The molecular formula is C12H16O. The maximum Gasteiger partial charge on any atom is 0.0681 e. The van der Waals surface area contributed by atoms with Crippen LogP contribution in [0.3, 0.4) is 0 Å². The van der Waals surface area contributed by atoms with Crippen molar-refractivity contribution < 1.29 is 5.11 Å². The van der Waals surface area contributed by atoms with Crippen molar-refractivity contribution in [2.24, 2.45) is 5.92 Å². The highest BCUT2D eigenvalue weighted by Gasteiger charge is 1.90. The molecule has 0 saturated heterocycles. The molecule has 70 valence electrons. The summed E-state index contributed by atoms with van der Waals surface area (Å²) in [5.41, 5.74) is 2.15. The third kappa shape index (κ3) is 3.43. The lowest BCUT2D eigenvalue weighted by Gasteiger charge is -1.98. The first-order valence-electron chi connectivity index (χ1n) is 4.60. The second kappa shape index (κ2) is 4.83. The Labute approximate surface area is 79.7 Å². The lowest BCUT2D eigenvalue weighted by molar-refractivity contribution is 0.282. The maximum absolute atomic E-state index is 8.83. The Balaban J connectivity index is 2.69. The van der Waals surface area contributed by atoms with Crippen molar-refractivity contribution in [1.29, 1.82) is 0 Å². The van der Waals surface area contributed by atoms with Crippen LogP contribution in [0.25, 0.3) is 6.08 Å². The van der Waals surface area contributed by atoms with Crippen molar-refractivity contribution in [3.63, 3.8) is 0 Å². The third-order valence-electron chi connectivity index (χ3n) is 1.84. The molecule has 0 aliphatic carbocycles. The molecule has 1 nitrogen and oxygen atoms in total. The van der Waals surface area contributed by atoms with E-state index in [9.17, 15) is 0 Å². The second-order valence-corrected chi connectivity index (χ2v) is 3.50. The number of allylic oxidation sites excluding steroid dienone is 1. The molecular weight excluding hydrogens is 160 g/mol. The molecule has 0 fully saturated rings. The lowest BCUT2D eigenvalue weighted by Crippen LogP contribution is -1.82. The monoisotopic (exact) mass is 176 g/mol. The van der Waals surface area contributed by atoms with Crippen LogP contribution < -0.4 is 0 Å². The summed E-state index contributed by atoms with van der Waals surface area (Å²) < 4.78 is 0. The van der Waals surface area contributed by atoms with Gasteiger partial charge in [0.05, 0.1) is 6.61 Å². The quantitative estimate of drug-likeness (QED) is 0.750. The van der Waals surface area contributed by atoms with Crippen LogP contribution in [-0.2, 0) is 6.61 Å². The minimum Gasteiger partial charge on any atom is -0.392 e. The van der Waals surface area contributed by atoms with Crippen molar-refractivity contribution in [2.45, 2.75) is 20.5 Å². The van der Waals surface area contributed by atoms with Gasteiger partial charge in [0.25, 0.3) is 0 Å². The molecule has 0 heterocycles. The standard InChI is InChI=1S/C12H16O/c1-10(2)3-4-11-5-7-12(9-13)8-6-11/h3-8,10,13H,9H2,1-2H3/b4-3-. The van der Waals surface area contributed by atoms with Crippen molar-refractivity contribution in [2.75, 3.05) is 0 Å². The van der Waals surface area contributed by atoms with Crippen LogP contribution in [-0.4, -0.2) is 5.11 Å². The predicted octanol–water partition coefficient (Wildman–Crippen LogP) is 2.85. The van der Waals surface area contributed by atoms with Gasteiger partial charge in [-0.05, 0) is 17.0 Å². The first-order valence-corrected chi connectivity index (χ1v) is 4.60. The van der Waals surface area contributed by atoms with Crippen molar-refractivity contribution >= 4 is 6.08 Å². The summed E-state index contributed by atoms with van der Waals surface area (Å²) in [5, 5.41) is 8.83. The number of hydrogen-bond acceptors (Lipinski definition) is 1. The molecule has 1 aromatic carbocycles. The van der Waals surface area contributed by atoms with E-state index in [1.165, 1.54) is 5.56 Å². The van der Waals surface area contributed by atoms with E-state index in [-0.39, 0.29) is 6.61 Å². The SMILES string of the molecule is CC(C)/C=C\c1ccc(CO)cc1. The van der Waals surface area contributed by atoms with Gasteiger partial charge in [0.1, 0.15) is 0 Å².